The Balaban J connectivity index is 1.42. The van der Waals surface area contributed by atoms with Gasteiger partial charge in [-0.1, -0.05) is 6.07 Å². The first kappa shape index (κ1) is 24.9. The first-order valence-corrected chi connectivity index (χ1v) is 11.6. The zero-order valence-electron chi connectivity index (χ0n) is 20.8. The van der Waals surface area contributed by atoms with Gasteiger partial charge in [0, 0.05) is 38.3 Å². The first-order valence-electron chi connectivity index (χ1n) is 11.6. The summed E-state index contributed by atoms with van der Waals surface area (Å²) in [6, 6.07) is 11.7. The van der Waals surface area contributed by atoms with Gasteiger partial charge in [-0.3, -0.25) is 4.68 Å². The van der Waals surface area contributed by atoms with Gasteiger partial charge in [0.05, 0.1) is 29.6 Å². The number of carboxylic acids is 1. The maximum Gasteiger partial charge on any atom is 0.335 e. The predicted molar refractivity (Wildman–Crippen MR) is 134 cm³/mol. The van der Waals surface area contributed by atoms with E-state index < -0.39 is 17.6 Å². The fourth-order valence-electron chi connectivity index (χ4n) is 4.16. The highest BCUT2D eigenvalue weighted by Crippen LogP contribution is 2.30. The molecular formula is C27H23F2N5O4. The van der Waals surface area contributed by atoms with Crippen molar-refractivity contribution in [3.05, 3.63) is 89.0 Å². The van der Waals surface area contributed by atoms with Crippen LogP contribution in [0.4, 0.5) is 8.78 Å². The van der Waals surface area contributed by atoms with E-state index in [-0.39, 0.29) is 47.0 Å². The Morgan fingerprint density at radius 3 is 2.58 bits per heavy atom. The SMILES string of the molecule is COc1cc(C(=O)O)cc2c1nc(Cc1cc(F)c(-c3cccc(OCc4ccn(C)n4)n3)cc1F)n2C. The number of hydrogen-bond donors (Lipinski definition) is 1. The van der Waals surface area contributed by atoms with Crippen LogP contribution >= 0.6 is 0 Å². The standard InChI is InChI=1S/C27H23F2N5O4/c1-33-8-7-17(32-33)14-38-25-6-4-5-21(30-25)18-13-19(28)15(9-20(18)29)12-24-31-26-22(34(24)2)10-16(27(35)36)11-23(26)37-3/h4-11,13H,12,14H2,1-3H3,(H,35,36). The van der Waals surface area contributed by atoms with E-state index in [0.717, 1.165) is 12.1 Å². The van der Waals surface area contributed by atoms with Crippen molar-refractivity contribution >= 4 is 17.0 Å². The van der Waals surface area contributed by atoms with Gasteiger partial charge in [-0.05, 0) is 42.0 Å². The number of carbonyl (C=O) groups is 1. The summed E-state index contributed by atoms with van der Waals surface area (Å²) in [6.45, 7) is 0.184. The summed E-state index contributed by atoms with van der Waals surface area (Å²) in [5, 5.41) is 13.6. The summed E-state index contributed by atoms with van der Waals surface area (Å²) in [6.07, 6.45) is 1.76. The molecule has 3 heterocycles. The molecule has 0 saturated heterocycles. The predicted octanol–water partition coefficient (Wildman–Crippen LogP) is 4.52. The summed E-state index contributed by atoms with van der Waals surface area (Å²) >= 11 is 0. The molecule has 0 saturated carbocycles. The Morgan fingerprint density at radius 1 is 1.05 bits per heavy atom. The van der Waals surface area contributed by atoms with Gasteiger partial charge >= 0.3 is 5.97 Å². The van der Waals surface area contributed by atoms with E-state index in [2.05, 4.69) is 15.1 Å². The number of nitrogens with zero attached hydrogens (tertiary/aromatic N) is 5. The number of fused-ring (bicyclic) bond motifs is 1. The smallest absolute Gasteiger partial charge is 0.335 e. The number of benzene rings is 2. The fourth-order valence-corrected chi connectivity index (χ4v) is 4.16. The molecule has 11 heteroatoms. The highest BCUT2D eigenvalue weighted by molar-refractivity contribution is 5.95. The number of pyridine rings is 1. The van der Waals surface area contributed by atoms with Gasteiger partial charge in [-0.2, -0.15) is 5.10 Å². The van der Waals surface area contributed by atoms with Crippen LogP contribution in [0.2, 0.25) is 0 Å². The van der Waals surface area contributed by atoms with E-state index in [1.54, 1.807) is 47.7 Å². The lowest BCUT2D eigenvalue weighted by atomic mass is 10.0. The number of aryl methyl sites for hydroxylation is 2. The van der Waals surface area contributed by atoms with Gasteiger partial charge in [-0.15, -0.1) is 0 Å². The number of hydrogen-bond acceptors (Lipinski definition) is 6. The van der Waals surface area contributed by atoms with Crippen molar-refractivity contribution in [1.29, 1.82) is 0 Å². The van der Waals surface area contributed by atoms with Crippen LogP contribution in [0.5, 0.6) is 11.6 Å². The lowest BCUT2D eigenvalue weighted by molar-refractivity contribution is 0.0696. The van der Waals surface area contributed by atoms with Gasteiger partial charge in [0.1, 0.15) is 35.3 Å². The number of ether oxygens (including phenoxy) is 2. The molecule has 0 aliphatic heterocycles. The molecule has 2 aromatic carbocycles. The molecule has 9 nitrogen and oxygen atoms in total. The molecule has 0 aliphatic carbocycles. The third-order valence-corrected chi connectivity index (χ3v) is 6.13. The monoisotopic (exact) mass is 519 g/mol. The average molecular weight is 520 g/mol. The van der Waals surface area contributed by atoms with Gasteiger partial charge in [-0.25, -0.2) is 23.5 Å². The Labute approximate surface area is 215 Å². The second kappa shape index (κ2) is 9.92. The van der Waals surface area contributed by atoms with Crippen LogP contribution in [-0.4, -0.2) is 42.5 Å². The van der Waals surface area contributed by atoms with E-state index in [9.17, 15) is 9.90 Å². The van der Waals surface area contributed by atoms with Crippen LogP contribution in [0.1, 0.15) is 27.4 Å². The highest BCUT2D eigenvalue weighted by atomic mass is 19.1. The number of aromatic carboxylic acids is 1. The van der Waals surface area contributed by atoms with E-state index in [1.807, 2.05) is 6.07 Å². The molecule has 3 aromatic heterocycles. The highest BCUT2D eigenvalue weighted by Gasteiger charge is 2.19. The van der Waals surface area contributed by atoms with Crippen LogP contribution < -0.4 is 9.47 Å². The second-order valence-electron chi connectivity index (χ2n) is 8.67. The van der Waals surface area contributed by atoms with Crippen molar-refractivity contribution in [3.63, 3.8) is 0 Å². The van der Waals surface area contributed by atoms with E-state index in [1.165, 1.54) is 19.2 Å². The molecule has 0 atom stereocenters. The fraction of sp³-hybridized carbons (Fsp3) is 0.185. The molecule has 0 spiro atoms. The number of methoxy groups -OCH3 is 1. The summed E-state index contributed by atoms with van der Waals surface area (Å²) in [4.78, 5) is 20.3. The third-order valence-electron chi connectivity index (χ3n) is 6.13. The molecule has 5 aromatic rings. The van der Waals surface area contributed by atoms with E-state index in [4.69, 9.17) is 9.47 Å². The van der Waals surface area contributed by atoms with Crippen LogP contribution in [0, 0.1) is 11.6 Å². The molecule has 1 N–H and O–H groups in total. The van der Waals surface area contributed by atoms with E-state index >= 15 is 8.78 Å². The molecule has 0 aliphatic rings. The Morgan fingerprint density at radius 2 is 1.87 bits per heavy atom. The lowest BCUT2D eigenvalue weighted by Crippen LogP contribution is -2.03. The van der Waals surface area contributed by atoms with Crippen LogP contribution in [-0.2, 0) is 27.1 Å². The maximum atomic E-state index is 15.2. The molecule has 0 bridgehead atoms. The van der Waals surface area contributed by atoms with Crippen molar-refractivity contribution in [3.8, 4) is 22.9 Å². The largest absolute Gasteiger partial charge is 0.494 e. The number of rotatable bonds is 8. The lowest BCUT2D eigenvalue weighted by Gasteiger charge is -2.10. The van der Waals surface area contributed by atoms with Crippen LogP contribution in [0.25, 0.3) is 22.3 Å². The topological polar surface area (TPSA) is 104 Å². The summed E-state index contributed by atoms with van der Waals surface area (Å²) in [5.74, 6) is -1.45. The van der Waals surface area contributed by atoms with Crippen LogP contribution in [0.15, 0.2) is 54.7 Å². The first-order chi connectivity index (χ1) is 18.2. The normalized spacial score (nSPS) is 11.2. The maximum absolute atomic E-state index is 15.2. The summed E-state index contributed by atoms with van der Waals surface area (Å²) in [5.41, 5.74) is 1.97. The van der Waals surface area contributed by atoms with Gasteiger partial charge in [0.15, 0.2) is 0 Å². The Kier molecular flexibility index (Phi) is 6.50. The van der Waals surface area contributed by atoms with Crippen LogP contribution in [0.3, 0.4) is 0 Å². The third kappa shape index (κ3) is 4.77. The summed E-state index contributed by atoms with van der Waals surface area (Å²) in [7, 11) is 4.89. The van der Waals surface area contributed by atoms with Crippen molar-refractivity contribution in [1.82, 2.24) is 24.3 Å². The minimum absolute atomic E-state index is 0.00712. The minimum Gasteiger partial charge on any atom is -0.494 e. The van der Waals surface area contributed by atoms with E-state index in [0.29, 0.717) is 22.6 Å². The molecule has 0 radical (unpaired) electrons. The number of aromatic nitrogens is 5. The molecule has 5 rings (SSSR count). The second-order valence-corrected chi connectivity index (χ2v) is 8.67. The molecule has 194 valence electrons. The molecule has 0 fully saturated rings. The molecule has 38 heavy (non-hydrogen) atoms. The van der Waals surface area contributed by atoms with Crippen molar-refractivity contribution < 1.29 is 28.2 Å². The summed E-state index contributed by atoms with van der Waals surface area (Å²) < 4.78 is 44.7. The Hall–Kier alpha value is -4.80. The number of carboxylic acid groups (broad SMARTS) is 1. The quantitative estimate of drug-likeness (QED) is 0.321. The zero-order chi connectivity index (χ0) is 27.0. The number of halogens is 2. The van der Waals surface area contributed by atoms with Gasteiger partial charge in [0.2, 0.25) is 5.88 Å². The Bertz CT molecular complexity index is 1680. The van der Waals surface area contributed by atoms with Crippen molar-refractivity contribution in [2.75, 3.05) is 7.11 Å². The number of imidazole rings is 1. The van der Waals surface area contributed by atoms with Crippen molar-refractivity contribution in [2.45, 2.75) is 13.0 Å². The van der Waals surface area contributed by atoms with Gasteiger partial charge < -0.3 is 19.1 Å². The van der Waals surface area contributed by atoms with Gasteiger partial charge in [0.25, 0.3) is 0 Å². The molecule has 0 amide bonds. The average Bonchev–Trinajstić information content (AvgIpc) is 3.46. The molecule has 0 unspecified atom stereocenters. The minimum atomic E-state index is -1.11. The zero-order valence-corrected chi connectivity index (χ0v) is 20.8. The van der Waals surface area contributed by atoms with Crippen molar-refractivity contribution in [2.24, 2.45) is 14.1 Å². The molecular weight excluding hydrogens is 496 g/mol.